The molecule has 0 radical (unpaired) electrons. The molecule has 0 fully saturated rings. The number of amides is 2. The average Bonchev–Trinajstić information content (AvgIpc) is 2.92. The Kier molecular flexibility index (Phi) is 6.10. The fourth-order valence-electron chi connectivity index (χ4n) is 2.72. The summed E-state index contributed by atoms with van der Waals surface area (Å²) in [5, 5.41) is 2.89. The van der Waals surface area contributed by atoms with E-state index >= 15 is 0 Å². The Morgan fingerprint density at radius 2 is 1.76 bits per heavy atom. The van der Waals surface area contributed by atoms with Gasteiger partial charge in [-0.15, -0.1) is 0 Å². The van der Waals surface area contributed by atoms with Crippen molar-refractivity contribution >= 4 is 52.4 Å². The van der Waals surface area contributed by atoms with Gasteiger partial charge >= 0.3 is 5.97 Å². The maximum Gasteiger partial charge on any atom is 0.338 e. The van der Waals surface area contributed by atoms with Gasteiger partial charge in [0.1, 0.15) is 16.5 Å². The zero-order valence-electron chi connectivity index (χ0n) is 15.5. The third-order valence-corrected chi connectivity index (χ3v) is 4.66. The van der Waals surface area contributed by atoms with Crippen molar-refractivity contribution in [2.24, 2.45) is 0 Å². The molecule has 1 N–H and O–H groups in total. The molecule has 7 nitrogen and oxygen atoms in total. The van der Waals surface area contributed by atoms with Crippen LogP contribution in [-0.2, 0) is 14.3 Å². The Labute approximate surface area is 176 Å². The van der Waals surface area contributed by atoms with E-state index in [1.165, 1.54) is 25.3 Å². The van der Waals surface area contributed by atoms with E-state index in [-0.39, 0.29) is 23.0 Å². The largest absolute Gasteiger partial charge is 0.495 e. The normalized spacial score (nSPS) is 13.7. The number of nitrogens with one attached hydrogen (secondary N) is 1. The van der Waals surface area contributed by atoms with Crippen LogP contribution in [-0.4, -0.2) is 31.5 Å². The molecule has 1 aliphatic heterocycles. The summed E-state index contributed by atoms with van der Waals surface area (Å²) in [6.07, 6.45) is 0. The van der Waals surface area contributed by atoms with Gasteiger partial charge in [0, 0.05) is 10.7 Å². The van der Waals surface area contributed by atoms with Crippen molar-refractivity contribution < 1.29 is 23.9 Å². The molecule has 2 aromatic rings. The van der Waals surface area contributed by atoms with E-state index < -0.39 is 17.8 Å². The second kappa shape index (κ2) is 8.55. The van der Waals surface area contributed by atoms with Gasteiger partial charge < -0.3 is 14.8 Å². The van der Waals surface area contributed by atoms with Crippen molar-refractivity contribution in [2.45, 2.75) is 6.92 Å². The lowest BCUT2D eigenvalue weighted by molar-refractivity contribution is -0.120. The number of halogens is 2. The number of benzene rings is 2. The Balaban J connectivity index is 1.86. The molecule has 0 unspecified atom stereocenters. The number of esters is 1. The first-order chi connectivity index (χ1) is 13.9. The summed E-state index contributed by atoms with van der Waals surface area (Å²) in [4.78, 5) is 38.2. The van der Waals surface area contributed by atoms with Crippen LogP contribution < -0.4 is 15.0 Å². The van der Waals surface area contributed by atoms with E-state index in [1.807, 2.05) is 0 Å². The minimum Gasteiger partial charge on any atom is -0.495 e. The van der Waals surface area contributed by atoms with Crippen LogP contribution >= 0.6 is 23.2 Å². The van der Waals surface area contributed by atoms with Crippen molar-refractivity contribution in [3.8, 4) is 5.75 Å². The number of ether oxygens (including phenoxy) is 2. The standard InChI is InChI=1S/C20H16Cl2N2O5/c1-3-29-20(27)11-4-7-13(8-5-11)23-17-16(22)18(25)24(19(17)26)14-10-12(21)6-9-15(14)28-2/h4-10,23H,3H2,1-2H3. The molecule has 0 bridgehead atoms. The van der Waals surface area contributed by atoms with Crippen LogP contribution in [0.25, 0.3) is 0 Å². The smallest absolute Gasteiger partial charge is 0.338 e. The second-order valence-electron chi connectivity index (χ2n) is 5.87. The number of rotatable bonds is 6. The van der Waals surface area contributed by atoms with Crippen molar-refractivity contribution in [1.82, 2.24) is 0 Å². The number of imide groups is 1. The van der Waals surface area contributed by atoms with E-state index in [2.05, 4.69) is 5.32 Å². The summed E-state index contributed by atoms with van der Waals surface area (Å²) in [6, 6.07) is 10.8. The quantitative estimate of drug-likeness (QED) is 0.546. The first-order valence-electron chi connectivity index (χ1n) is 8.53. The molecule has 0 aromatic heterocycles. The minimum absolute atomic E-state index is 0.0948. The van der Waals surface area contributed by atoms with Crippen LogP contribution in [0.4, 0.5) is 11.4 Å². The highest BCUT2D eigenvalue weighted by Gasteiger charge is 2.40. The van der Waals surface area contributed by atoms with Gasteiger partial charge in [-0.2, -0.15) is 0 Å². The average molecular weight is 435 g/mol. The zero-order chi connectivity index (χ0) is 21.1. The van der Waals surface area contributed by atoms with Gasteiger partial charge in [-0.05, 0) is 49.4 Å². The number of carbonyl (C=O) groups is 3. The van der Waals surface area contributed by atoms with Crippen molar-refractivity contribution in [2.75, 3.05) is 23.9 Å². The summed E-state index contributed by atoms with van der Waals surface area (Å²) in [5.41, 5.74) is 0.911. The minimum atomic E-state index is -0.706. The van der Waals surface area contributed by atoms with Gasteiger partial charge in [0.15, 0.2) is 0 Å². The lowest BCUT2D eigenvalue weighted by Crippen LogP contribution is -2.32. The molecule has 29 heavy (non-hydrogen) atoms. The topological polar surface area (TPSA) is 84.9 Å². The molecular weight excluding hydrogens is 419 g/mol. The van der Waals surface area contributed by atoms with Crippen LogP contribution in [0.15, 0.2) is 53.2 Å². The first kappa shape index (κ1) is 20.7. The SMILES string of the molecule is CCOC(=O)c1ccc(NC2=C(Cl)C(=O)N(c3cc(Cl)ccc3OC)C2=O)cc1. The number of hydrogen-bond acceptors (Lipinski definition) is 6. The third-order valence-electron chi connectivity index (χ3n) is 4.07. The summed E-state index contributed by atoms with van der Waals surface area (Å²) in [7, 11) is 1.41. The van der Waals surface area contributed by atoms with Crippen LogP contribution in [0.1, 0.15) is 17.3 Å². The fraction of sp³-hybridized carbons (Fsp3) is 0.150. The number of nitrogens with zero attached hydrogens (tertiary/aromatic N) is 1. The van der Waals surface area contributed by atoms with Crippen molar-refractivity contribution in [3.63, 3.8) is 0 Å². The summed E-state index contributed by atoms with van der Waals surface area (Å²) in [5.74, 6) is -1.53. The lowest BCUT2D eigenvalue weighted by Gasteiger charge is -2.18. The van der Waals surface area contributed by atoms with Gasteiger partial charge in [-0.3, -0.25) is 9.59 Å². The molecule has 0 aliphatic carbocycles. The maximum atomic E-state index is 12.9. The molecule has 2 amide bonds. The maximum absolute atomic E-state index is 12.9. The molecule has 3 rings (SSSR count). The summed E-state index contributed by atoms with van der Waals surface area (Å²) >= 11 is 12.1. The third kappa shape index (κ3) is 4.06. The Morgan fingerprint density at radius 3 is 2.38 bits per heavy atom. The van der Waals surface area contributed by atoms with E-state index in [1.54, 1.807) is 31.2 Å². The highest BCUT2D eigenvalue weighted by Crippen LogP contribution is 2.37. The van der Waals surface area contributed by atoms with E-state index in [0.29, 0.717) is 22.0 Å². The van der Waals surface area contributed by atoms with Crippen LogP contribution in [0, 0.1) is 0 Å². The predicted octanol–water partition coefficient (Wildman–Crippen LogP) is 3.96. The van der Waals surface area contributed by atoms with Gasteiger partial charge in [0.05, 0.1) is 25.0 Å². The number of carbonyl (C=O) groups excluding carboxylic acids is 3. The molecule has 2 aromatic carbocycles. The van der Waals surface area contributed by atoms with Crippen LogP contribution in [0.3, 0.4) is 0 Å². The molecular formula is C20H16Cl2N2O5. The highest BCUT2D eigenvalue weighted by atomic mass is 35.5. The Morgan fingerprint density at radius 1 is 1.07 bits per heavy atom. The second-order valence-corrected chi connectivity index (χ2v) is 6.69. The monoisotopic (exact) mass is 434 g/mol. The molecule has 0 atom stereocenters. The van der Waals surface area contributed by atoms with E-state index in [0.717, 1.165) is 4.90 Å². The molecule has 1 heterocycles. The summed E-state index contributed by atoms with van der Waals surface area (Å²) in [6.45, 7) is 1.98. The molecule has 1 aliphatic rings. The van der Waals surface area contributed by atoms with Crippen molar-refractivity contribution in [3.05, 3.63) is 63.8 Å². The lowest BCUT2D eigenvalue weighted by atomic mass is 10.2. The number of anilines is 2. The predicted molar refractivity (Wildman–Crippen MR) is 109 cm³/mol. The van der Waals surface area contributed by atoms with Crippen LogP contribution in [0.2, 0.25) is 5.02 Å². The molecule has 9 heteroatoms. The molecule has 150 valence electrons. The highest BCUT2D eigenvalue weighted by molar-refractivity contribution is 6.53. The van der Waals surface area contributed by atoms with E-state index in [9.17, 15) is 14.4 Å². The van der Waals surface area contributed by atoms with Gasteiger partial charge in [0.25, 0.3) is 11.8 Å². The molecule has 0 spiro atoms. The van der Waals surface area contributed by atoms with Crippen molar-refractivity contribution in [1.29, 1.82) is 0 Å². The first-order valence-corrected chi connectivity index (χ1v) is 9.29. The number of methoxy groups -OCH3 is 1. The fourth-order valence-corrected chi connectivity index (χ4v) is 3.10. The van der Waals surface area contributed by atoms with Gasteiger partial charge in [-0.25, -0.2) is 9.69 Å². The zero-order valence-corrected chi connectivity index (χ0v) is 17.0. The van der Waals surface area contributed by atoms with E-state index in [4.69, 9.17) is 32.7 Å². The molecule has 0 saturated carbocycles. The number of hydrogen-bond donors (Lipinski definition) is 1. The Hall–Kier alpha value is -3.03. The summed E-state index contributed by atoms with van der Waals surface area (Å²) < 4.78 is 10.1. The van der Waals surface area contributed by atoms with Crippen LogP contribution in [0.5, 0.6) is 5.75 Å². The molecule has 0 saturated heterocycles. The van der Waals surface area contributed by atoms with Gasteiger partial charge in [0.2, 0.25) is 0 Å². The Bertz CT molecular complexity index is 1020. The van der Waals surface area contributed by atoms with Gasteiger partial charge in [-0.1, -0.05) is 23.2 Å².